The number of hydrogen-bond donors (Lipinski definition) is 1. The summed E-state index contributed by atoms with van der Waals surface area (Å²) >= 11 is 5.85. The second-order valence-corrected chi connectivity index (χ2v) is 7.79. The topological polar surface area (TPSA) is 59.4 Å². The highest BCUT2D eigenvalue weighted by atomic mass is 35.5. The second-order valence-electron chi connectivity index (χ2n) is 7.35. The van der Waals surface area contributed by atoms with Gasteiger partial charge in [-0.25, -0.2) is 4.98 Å². The van der Waals surface area contributed by atoms with Crippen LogP contribution in [-0.2, 0) is 11.2 Å². The van der Waals surface area contributed by atoms with Gasteiger partial charge in [-0.1, -0.05) is 38.4 Å². The van der Waals surface area contributed by atoms with Gasteiger partial charge in [-0.05, 0) is 41.2 Å². The first kappa shape index (κ1) is 18.5. The number of ether oxygens (including phenoxy) is 1. The van der Waals surface area contributed by atoms with E-state index in [1.807, 2.05) is 32.9 Å². The van der Waals surface area contributed by atoms with Crippen LogP contribution >= 0.6 is 11.6 Å². The van der Waals surface area contributed by atoms with Gasteiger partial charge in [0, 0.05) is 25.1 Å². The van der Waals surface area contributed by atoms with Crippen LogP contribution in [-0.4, -0.2) is 15.9 Å². The molecule has 2 aromatic rings. The fourth-order valence-electron chi connectivity index (χ4n) is 3.30. The van der Waals surface area contributed by atoms with Crippen LogP contribution in [0.3, 0.4) is 0 Å². The van der Waals surface area contributed by atoms with Crippen molar-refractivity contribution in [2.45, 2.75) is 40.0 Å². The Kier molecular flexibility index (Phi) is 5.05. The zero-order chi connectivity index (χ0) is 18.9. The zero-order valence-electron chi connectivity index (χ0n) is 15.2. The molecule has 1 N–H and O–H groups in total. The summed E-state index contributed by atoms with van der Waals surface area (Å²) in [5, 5.41) is 11.1. The molecule has 0 radical (unpaired) electrons. The smallest absolute Gasteiger partial charge is 0.219 e. The highest BCUT2D eigenvalue weighted by molar-refractivity contribution is 6.30. The summed E-state index contributed by atoms with van der Waals surface area (Å²) in [6, 6.07) is 8.95. The molecule has 1 aliphatic rings. The third-order valence-electron chi connectivity index (χ3n) is 4.51. The first-order valence-electron chi connectivity index (χ1n) is 8.67. The van der Waals surface area contributed by atoms with Crippen LogP contribution in [0.15, 0.2) is 42.3 Å². The molecule has 5 heteroatoms. The lowest BCUT2D eigenvalue weighted by Gasteiger charge is -2.30. The summed E-state index contributed by atoms with van der Waals surface area (Å²) in [5.41, 5.74) is 1.92. The normalized spacial score (nSPS) is 16.7. The number of allylic oxidation sites excluding steroid dienone is 2. The number of rotatable bonds is 4. The number of nitrogens with zero attached hydrogens (tertiary/aromatic N) is 1. The Balaban J connectivity index is 2.01. The van der Waals surface area contributed by atoms with Gasteiger partial charge in [0.2, 0.25) is 5.88 Å². The quantitative estimate of drug-likeness (QED) is 0.743. The lowest BCUT2D eigenvalue weighted by Crippen LogP contribution is -2.25. The van der Waals surface area contributed by atoms with Gasteiger partial charge < -0.3 is 9.84 Å². The number of pyridine rings is 1. The average molecular weight is 372 g/mol. The van der Waals surface area contributed by atoms with Crippen LogP contribution in [0, 0.1) is 5.41 Å². The minimum Gasteiger partial charge on any atom is -0.512 e. The summed E-state index contributed by atoms with van der Waals surface area (Å²) in [4.78, 5) is 16.8. The third-order valence-corrected chi connectivity index (χ3v) is 4.73. The van der Waals surface area contributed by atoms with E-state index in [2.05, 4.69) is 4.98 Å². The van der Waals surface area contributed by atoms with E-state index in [1.54, 1.807) is 18.2 Å². The van der Waals surface area contributed by atoms with Gasteiger partial charge in [0.1, 0.15) is 11.5 Å². The molecule has 3 rings (SSSR count). The van der Waals surface area contributed by atoms with Crippen molar-refractivity contribution in [2.24, 2.45) is 5.41 Å². The second kappa shape index (κ2) is 7.12. The van der Waals surface area contributed by atoms with Crippen LogP contribution in [0.2, 0.25) is 5.02 Å². The van der Waals surface area contributed by atoms with Gasteiger partial charge in [-0.15, -0.1) is 0 Å². The molecule has 1 aromatic heterocycles. The fraction of sp³-hybridized carbons (Fsp3) is 0.333. The van der Waals surface area contributed by atoms with Crippen LogP contribution in [0.5, 0.6) is 11.6 Å². The Hall–Kier alpha value is -2.33. The summed E-state index contributed by atoms with van der Waals surface area (Å²) in [6.45, 7) is 6.00. The SMILES string of the molecule is CCc1ccc(Oc2ccc(Cl)cn2)cc1C1=C(O)CC(C)(C)CC1=O. The molecule has 0 amide bonds. The van der Waals surface area contributed by atoms with E-state index in [0.29, 0.717) is 35.1 Å². The Bertz CT molecular complexity index is 869. The van der Waals surface area contributed by atoms with Crippen LogP contribution in [0.4, 0.5) is 0 Å². The lowest BCUT2D eigenvalue weighted by atomic mass is 9.74. The number of carbonyl (C=O) groups excluding carboxylic acids is 1. The zero-order valence-corrected chi connectivity index (χ0v) is 15.9. The minimum atomic E-state index is -0.224. The maximum absolute atomic E-state index is 12.7. The Labute approximate surface area is 158 Å². The largest absolute Gasteiger partial charge is 0.512 e. The van der Waals surface area contributed by atoms with Gasteiger partial charge in [0.15, 0.2) is 5.78 Å². The van der Waals surface area contributed by atoms with Crippen molar-refractivity contribution in [1.29, 1.82) is 0 Å². The first-order chi connectivity index (χ1) is 12.3. The molecule has 4 nitrogen and oxygen atoms in total. The number of Topliss-reactive ketones (excluding diaryl/α,β-unsaturated/α-hetero) is 1. The van der Waals surface area contributed by atoms with Crippen LogP contribution < -0.4 is 4.74 Å². The van der Waals surface area contributed by atoms with Gasteiger partial charge in [0.25, 0.3) is 0 Å². The molecule has 26 heavy (non-hydrogen) atoms. The number of benzene rings is 1. The van der Waals surface area contributed by atoms with Crippen molar-refractivity contribution in [1.82, 2.24) is 4.98 Å². The predicted octanol–water partition coefficient (Wildman–Crippen LogP) is 5.75. The van der Waals surface area contributed by atoms with Crippen LogP contribution in [0.1, 0.15) is 44.7 Å². The molecule has 1 aliphatic carbocycles. The van der Waals surface area contributed by atoms with Crippen LogP contribution in [0.25, 0.3) is 5.57 Å². The molecular formula is C21H22ClNO3. The number of aliphatic hydroxyl groups excluding tert-OH is 1. The van der Waals surface area contributed by atoms with E-state index >= 15 is 0 Å². The first-order valence-corrected chi connectivity index (χ1v) is 9.05. The van der Waals surface area contributed by atoms with Gasteiger partial charge in [-0.3, -0.25) is 4.79 Å². The van der Waals surface area contributed by atoms with E-state index in [0.717, 1.165) is 17.5 Å². The summed E-state index contributed by atoms with van der Waals surface area (Å²) < 4.78 is 5.79. The Morgan fingerprint density at radius 3 is 2.62 bits per heavy atom. The summed E-state index contributed by atoms with van der Waals surface area (Å²) in [5.74, 6) is 1.10. The number of aliphatic hydroxyl groups is 1. The van der Waals surface area contributed by atoms with Gasteiger partial charge >= 0.3 is 0 Å². The number of aryl methyl sites for hydroxylation is 1. The monoisotopic (exact) mass is 371 g/mol. The van der Waals surface area contributed by atoms with Gasteiger partial charge in [-0.2, -0.15) is 0 Å². The van der Waals surface area contributed by atoms with E-state index in [1.165, 1.54) is 6.20 Å². The standard InChI is InChI=1S/C21H22ClNO3/c1-4-13-5-7-15(26-19-8-6-14(22)12-23-19)9-16(13)20-17(24)10-21(2,3)11-18(20)25/h5-9,12,24H,4,10-11H2,1-3H3. The number of carbonyl (C=O) groups is 1. The highest BCUT2D eigenvalue weighted by Crippen LogP contribution is 2.41. The molecule has 0 aliphatic heterocycles. The van der Waals surface area contributed by atoms with Crippen molar-refractivity contribution in [2.75, 3.05) is 0 Å². The molecule has 1 aromatic carbocycles. The van der Waals surface area contributed by atoms with Crippen molar-refractivity contribution < 1.29 is 14.6 Å². The minimum absolute atomic E-state index is 0.0322. The molecule has 1 heterocycles. The number of ketones is 1. The third kappa shape index (κ3) is 3.91. The highest BCUT2D eigenvalue weighted by Gasteiger charge is 2.34. The molecular weight excluding hydrogens is 350 g/mol. The molecule has 136 valence electrons. The maximum Gasteiger partial charge on any atom is 0.219 e. The van der Waals surface area contributed by atoms with Crippen molar-refractivity contribution in [3.8, 4) is 11.6 Å². The number of halogens is 1. The average Bonchev–Trinajstić information content (AvgIpc) is 2.55. The van der Waals surface area contributed by atoms with Crippen molar-refractivity contribution in [3.05, 3.63) is 58.4 Å². The Morgan fingerprint density at radius 1 is 1.23 bits per heavy atom. The predicted molar refractivity (Wildman–Crippen MR) is 103 cm³/mol. The Morgan fingerprint density at radius 2 is 2.00 bits per heavy atom. The van der Waals surface area contributed by atoms with Crippen molar-refractivity contribution >= 4 is 23.0 Å². The molecule has 0 spiro atoms. The molecule has 0 bridgehead atoms. The molecule has 0 fully saturated rings. The molecule has 0 saturated carbocycles. The number of aromatic nitrogens is 1. The van der Waals surface area contributed by atoms with E-state index < -0.39 is 0 Å². The van der Waals surface area contributed by atoms with Gasteiger partial charge in [0.05, 0.1) is 10.6 Å². The maximum atomic E-state index is 12.7. The lowest BCUT2D eigenvalue weighted by molar-refractivity contribution is -0.116. The van der Waals surface area contributed by atoms with E-state index in [4.69, 9.17) is 16.3 Å². The van der Waals surface area contributed by atoms with E-state index in [9.17, 15) is 9.90 Å². The van der Waals surface area contributed by atoms with Crippen molar-refractivity contribution in [3.63, 3.8) is 0 Å². The molecule has 0 atom stereocenters. The fourth-order valence-corrected chi connectivity index (χ4v) is 3.41. The summed E-state index contributed by atoms with van der Waals surface area (Å²) in [6.07, 6.45) is 3.17. The van der Waals surface area contributed by atoms with E-state index in [-0.39, 0.29) is 17.0 Å². The number of hydrogen-bond acceptors (Lipinski definition) is 4. The molecule has 0 saturated heterocycles. The molecule has 0 unspecified atom stereocenters. The summed E-state index contributed by atoms with van der Waals surface area (Å²) in [7, 11) is 0.